The van der Waals surface area contributed by atoms with Gasteiger partial charge >= 0.3 is 6.10 Å². The van der Waals surface area contributed by atoms with Crippen LogP contribution < -0.4 is 14.7 Å². The predicted molar refractivity (Wildman–Crippen MR) is 93.5 cm³/mol. The van der Waals surface area contributed by atoms with E-state index in [-0.39, 0.29) is 11.9 Å². The Bertz CT molecular complexity index is 571. The van der Waals surface area contributed by atoms with E-state index in [0.29, 0.717) is 0 Å². The molecule has 0 aromatic carbocycles. The highest BCUT2D eigenvalue weighted by Gasteiger charge is 2.47. The van der Waals surface area contributed by atoms with E-state index in [9.17, 15) is 25.5 Å². The van der Waals surface area contributed by atoms with E-state index in [1.54, 1.807) is 0 Å². The number of methoxy groups -OCH3 is 3. The highest BCUT2D eigenvalue weighted by atomic mass is 17.3. The third-order valence-electron chi connectivity index (χ3n) is 3.50. The Hall–Kier alpha value is -1.99. The smallest absolute Gasteiger partial charge is 0.376 e. The lowest BCUT2D eigenvalue weighted by Gasteiger charge is -2.39. The Morgan fingerprint density at radius 2 is 1.21 bits per heavy atom. The van der Waals surface area contributed by atoms with Crippen molar-refractivity contribution in [1.29, 1.82) is 0 Å². The zero-order valence-electron chi connectivity index (χ0n) is 16.4. The molecule has 168 valence electrons. The summed E-state index contributed by atoms with van der Waals surface area (Å²) in [6, 6.07) is 0. The standard InChI is InChI=1S/C13H26N6O10/c1-25-12(24)19(13(26-2,27-3)29-28-4)11-15-9(17(5-20)6-21)14-10(16-11)18(7-22)8-23/h12,20-24H,5-8H2,1-4H3. The van der Waals surface area contributed by atoms with Gasteiger partial charge in [0.15, 0.2) is 0 Å². The molecular formula is C13H26N6O10. The first-order chi connectivity index (χ1) is 13.9. The largest absolute Gasteiger partial charge is 0.409 e. The van der Waals surface area contributed by atoms with Crippen molar-refractivity contribution in [3.8, 4) is 0 Å². The first-order valence-corrected chi connectivity index (χ1v) is 7.93. The Balaban J connectivity index is 3.73. The lowest BCUT2D eigenvalue weighted by Crippen LogP contribution is -2.59. The average Bonchev–Trinajstić information content (AvgIpc) is 2.74. The molecular weight excluding hydrogens is 400 g/mol. The van der Waals surface area contributed by atoms with Crippen molar-refractivity contribution in [3.05, 3.63) is 0 Å². The number of aromatic nitrogens is 3. The quantitative estimate of drug-likeness (QED) is 0.111. The molecule has 1 aromatic rings. The minimum Gasteiger partial charge on any atom is -0.376 e. The molecule has 0 radical (unpaired) electrons. The van der Waals surface area contributed by atoms with Crippen LogP contribution in [0.2, 0.25) is 0 Å². The molecule has 0 aliphatic rings. The molecule has 16 heteroatoms. The minimum atomic E-state index is -2.27. The van der Waals surface area contributed by atoms with E-state index < -0.39 is 45.4 Å². The maximum absolute atomic E-state index is 10.4. The number of ether oxygens (including phenoxy) is 3. The van der Waals surface area contributed by atoms with Gasteiger partial charge in [0, 0.05) is 21.3 Å². The van der Waals surface area contributed by atoms with E-state index in [4.69, 9.17) is 19.1 Å². The van der Waals surface area contributed by atoms with Crippen LogP contribution >= 0.6 is 0 Å². The summed E-state index contributed by atoms with van der Waals surface area (Å²) in [5, 5.41) is 48.0. The van der Waals surface area contributed by atoms with Crippen molar-refractivity contribution in [2.75, 3.05) is 70.1 Å². The van der Waals surface area contributed by atoms with Crippen LogP contribution in [0.3, 0.4) is 0 Å². The Morgan fingerprint density at radius 3 is 1.52 bits per heavy atom. The van der Waals surface area contributed by atoms with E-state index in [0.717, 1.165) is 43.1 Å². The first kappa shape index (κ1) is 25.0. The van der Waals surface area contributed by atoms with E-state index in [2.05, 4.69) is 19.8 Å². The topological polar surface area (TPSA) is 196 Å². The fraction of sp³-hybridized carbons (Fsp3) is 0.769. The number of anilines is 3. The van der Waals surface area contributed by atoms with Crippen molar-refractivity contribution in [3.63, 3.8) is 0 Å². The second kappa shape index (κ2) is 11.9. The van der Waals surface area contributed by atoms with Gasteiger partial charge in [0.05, 0.1) is 7.11 Å². The number of aliphatic hydroxyl groups is 5. The molecule has 0 saturated carbocycles. The lowest BCUT2D eigenvalue weighted by molar-refractivity contribution is -0.496. The van der Waals surface area contributed by atoms with Gasteiger partial charge in [-0.3, -0.25) is 9.80 Å². The molecule has 0 aliphatic carbocycles. The van der Waals surface area contributed by atoms with Crippen LogP contribution in [0, 0.1) is 0 Å². The molecule has 0 fully saturated rings. The van der Waals surface area contributed by atoms with Crippen LogP contribution in [0.4, 0.5) is 17.8 Å². The molecule has 16 nitrogen and oxygen atoms in total. The van der Waals surface area contributed by atoms with Gasteiger partial charge in [-0.15, -0.1) is 4.89 Å². The highest BCUT2D eigenvalue weighted by molar-refractivity contribution is 5.46. The Kier molecular flexibility index (Phi) is 10.3. The van der Waals surface area contributed by atoms with Crippen molar-refractivity contribution in [1.82, 2.24) is 15.0 Å². The molecule has 1 atom stereocenters. The third kappa shape index (κ3) is 5.54. The van der Waals surface area contributed by atoms with Crippen LogP contribution in [0.1, 0.15) is 0 Å². The zero-order valence-corrected chi connectivity index (χ0v) is 16.4. The average molecular weight is 426 g/mol. The molecule has 29 heavy (non-hydrogen) atoms. The summed E-state index contributed by atoms with van der Waals surface area (Å²) < 4.78 is 15.2. The summed E-state index contributed by atoms with van der Waals surface area (Å²) in [6.45, 7) is -2.78. The second-order valence-corrected chi connectivity index (χ2v) is 4.99. The van der Waals surface area contributed by atoms with Gasteiger partial charge in [-0.25, -0.2) is 9.79 Å². The molecule has 1 rings (SSSR count). The zero-order chi connectivity index (χ0) is 22.0. The molecule has 0 spiro atoms. The van der Waals surface area contributed by atoms with Crippen molar-refractivity contribution < 1.29 is 49.5 Å². The molecule has 1 unspecified atom stereocenters. The monoisotopic (exact) mass is 426 g/mol. The van der Waals surface area contributed by atoms with Gasteiger partial charge in [-0.1, -0.05) is 0 Å². The van der Waals surface area contributed by atoms with E-state index in [1.807, 2.05) is 0 Å². The number of nitrogens with zero attached hydrogens (tertiary/aromatic N) is 6. The lowest BCUT2D eigenvalue weighted by atomic mass is 10.6. The van der Waals surface area contributed by atoms with Crippen molar-refractivity contribution >= 4 is 17.8 Å². The highest BCUT2D eigenvalue weighted by Crippen LogP contribution is 2.29. The third-order valence-corrected chi connectivity index (χ3v) is 3.50. The number of hydrogen-bond donors (Lipinski definition) is 5. The van der Waals surface area contributed by atoms with Crippen LogP contribution in [0.25, 0.3) is 0 Å². The van der Waals surface area contributed by atoms with Gasteiger partial charge in [-0.2, -0.15) is 15.0 Å². The Morgan fingerprint density at radius 1 is 0.793 bits per heavy atom. The maximum atomic E-state index is 10.4. The summed E-state index contributed by atoms with van der Waals surface area (Å²) in [5.74, 6) is -1.03. The molecule has 5 N–H and O–H groups in total. The van der Waals surface area contributed by atoms with Gasteiger partial charge in [-0.05, 0) is 0 Å². The molecule has 0 bridgehead atoms. The van der Waals surface area contributed by atoms with E-state index >= 15 is 0 Å². The van der Waals surface area contributed by atoms with Crippen molar-refractivity contribution in [2.45, 2.75) is 12.5 Å². The molecule has 0 amide bonds. The molecule has 0 aliphatic heterocycles. The summed E-state index contributed by atoms with van der Waals surface area (Å²) in [4.78, 5) is 24.1. The molecule has 1 heterocycles. The normalized spacial score (nSPS) is 12.7. The second-order valence-electron chi connectivity index (χ2n) is 4.99. The minimum absolute atomic E-state index is 0.297. The summed E-state index contributed by atoms with van der Waals surface area (Å²) in [7, 11) is 4.60. The van der Waals surface area contributed by atoms with Gasteiger partial charge in [0.2, 0.25) is 24.3 Å². The van der Waals surface area contributed by atoms with Gasteiger partial charge in [0.1, 0.15) is 26.9 Å². The van der Waals surface area contributed by atoms with Crippen LogP contribution in [0.15, 0.2) is 0 Å². The van der Waals surface area contributed by atoms with E-state index in [1.165, 1.54) is 0 Å². The van der Waals surface area contributed by atoms with Crippen LogP contribution in [0.5, 0.6) is 0 Å². The van der Waals surface area contributed by atoms with Crippen molar-refractivity contribution in [2.24, 2.45) is 0 Å². The number of aliphatic hydroxyl groups excluding tert-OH is 5. The molecule has 0 saturated heterocycles. The van der Waals surface area contributed by atoms with Gasteiger partial charge < -0.3 is 39.7 Å². The number of rotatable bonds is 14. The number of hydrogen-bond acceptors (Lipinski definition) is 16. The van der Waals surface area contributed by atoms with Crippen LogP contribution in [-0.4, -0.2) is 108 Å². The summed E-state index contributed by atoms with van der Waals surface area (Å²) in [6.07, 6.45) is -4.10. The fourth-order valence-corrected chi connectivity index (χ4v) is 2.03. The first-order valence-electron chi connectivity index (χ1n) is 7.93. The summed E-state index contributed by atoms with van der Waals surface area (Å²) in [5.41, 5.74) is 0. The predicted octanol–water partition coefficient (Wildman–Crippen LogP) is -3.51. The summed E-state index contributed by atoms with van der Waals surface area (Å²) >= 11 is 0. The fourth-order valence-electron chi connectivity index (χ4n) is 2.03. The van der Waals surface area contributed by atoms with Crippen LogP contribution in [-0.2, 0) is 24.0 Å². The molecule has 1 aromatic heterocycles. The maximum Gasteiger partial charge on any atom is 0.409 e. The Labute approximate surface area is 165 Å². The SMILES string of the molecule is COOC(OC)(OC)N(c1nc(N(CO)CO)nc(N(CO)CO)n1)C(O)OC. The van der Waals surface area contributed by atoms with Gasteiger partial charge in [0.25, 0.3) is 0 Å².